The van der Waals surface area contributed by atoms with Gasteiger partial charge in [-0.05, 0) is 54.9 Å². The summed E-state index contributed by atoms with van der Waals surface area (Å²) in [5.74, 6) is -1.22. The molecule has 2 N–H and O–H groups in total. The van der Waals surface area contributed by atoms with Crippen molar-refractivity contribution in [3.63, 3.8) is 0 Å². The number of rotatable bonds is 6. The lowest BCUT2D eigenvalue weighted by Crippen LogP contribution is -2.59. The Labute approximate surface area is 205 Å². The molecule has 2 fully saturated rings. The number of nitrogens with one attached hydrogen (secondary N) is 1. The summed E-state index contributed by atoms with van der Waals surface area (Å²) in [5.41, 5.74) is 2.64. The van der Waals surface area contributed by atoms with Gasteiger partial charge in [-0.15, -0.1) is 0 Å². The molecule has 7 heteroatoms. The van der Waals surface area contributed by atoms with Crippen LogP contribution in [0, 0.1) is 5.41 Å². The van der Waals surface area contributed by atoms with Crippen molar-refractivity contribution in [2.24, 2.45) is 5.41 Å². The summed E-state index contributed by atoms with van der Waals surface area (Å²) in [4.78, 5) is 39.6. The maximum Gasteiger partial charge on any atom is 0.407 e. The molecule has 3 aliphatic carbocycles. The average molecular weight is 477 g/mol. The van der Waals surface area contributed by atoms with Gasteiger partial charge in [0, 0.05) is 19.0 Å². The summed E-state index contributed by atoms with van der Waals surface area (Å²) in [6, 6.07) is 15.9. The number of carbonyl (C=O) groups is 3. The highest BCUT2D eigenvalue weighted by molar-refractivity contribution is 5.92. The maximum atomic E-state index is 13.5. The highest BCUT2D eigenvalue weighted by Crippen LogP contribution is 2.46. The number of hydrogen-bond acceptors (Lipinski definition) is 4. The second-order valence-electron chi connectivity index (χ2n) is 10.4. The van der Waals surface area contributed by atoms with Crippen molar-refractivity contribution in [2.45, 2.75) is 62.9 Å². The highest BCUT2D eigenvalue weighted by Gasteiger charge is 2.59. The largest absolute Gasteiger partial charge is 0.479 e. The summed E-state index contributed by atoms with van der Waals surface area (Å²) in [7, 11) is 1.58. The van der Waals surface area contributed by atoms with Crippen LogP contribution in [-0.2, 0) is 14.3 Å². The van der Waals surface area contributed by atoms with Crippen LogP contribution >= 0.6 is 0 Å². The molecule has 2 aromatic carbocycles. The molecule has 5 rings (SSSR count). The van der Waals surface area contributed by atoms with Gasteiger partial charge in [0.05, 0.1) is 5.41 Å². The number of hydrogen-bond donors (Lipinski definition) is 2. The molecule has 2 unspecified atom stereocenters. The zero-order valence-electron chi connectivity index (χ0n) is 20.3. The quantitative estimate of drug-likeness (QED) is 0.638. The molecule has 2 aromatic rings. The molecular weight excluding hydrogens is 444 g/mol. The van der Waals surface area contributed by atoms with Crippen LogP contribution in [0.2, 0.25) is 0 Å². The number of amides is 2. The number of fused-ring (bicyclic) bond motifs is 3. The predicted octanol–water partition coefficient (Wildman–Crippen LogP) is 4.55. The number of aliphatic carboxylic acids is 1. The second kappa shape index (κ2) is 8.70. The Morgan fingerprint density at radius 1 is 1.00 bits per heavy atom. The highest BCUT2D eigenvalue weighted by atomic mass is 16.5. The fourth-order valence-corrected chi connectivity index (χ4v) is 5.99. The van der Waals surface area contributed by atoms with Crippen molar-refractivity contribution in [1.29, 1.82) is 0 Å². The third kappa shape index (κ3) is 3.87. The lowest BCUT2D eigenvalue weighted by molar-refractivity contribution is -0.157. The number of likely N-dealkylation sites (N-methyl/N-ethyl adjacent to an activating group) is 1. The van der Waals surface area contributed by atoms with E-state index in [4.69, 9.17) is 4.74 Å². The van der Waals surface area contributed by atoms with Crippen LogP contribution in [0.1, 0.15) is 62.5 Å². The van der Waals surface area contributed by atoms with Crippen LogP contribution in [0.25, 0.3) is 11.1 Å². The molecule has 0 bridgehead atoms. The summed E-state index contributed by atoms with van der Waals surface area (Å²) in [5, 5.41) is 12.6. The number of alkyl carbamates (subject to hydrolysis) is 1. The molecule has 0 heterocycles. The van der Waals surface area contributed by atoms with E-state index in [-0.39, 0.29) is 18.4 Å². The summed E-state index contributed by atoms with van der Waals surface area (Å²) in [6.07, 6.45) is 3.39. The predicted molar refractivity (Wildman–Crippen MR) is 131 cm³/mol. The Bertz CT molecular complexity index is 1130. The van der Waals surface area contributed by atoms with Gasteiger partial charge < -0.3 is 20.1 Å². The molecule has 0 radical (unpaired) electrons. The molecule has 3 aliphatic rings. The van der Waals surface area contributed by atoms with Crippen molar-refractivity contribution < 1.29 is 24.2 Å². The Morgan fingerprint density at radius 2 is 1.60 bits per heavy atom. The standard InChI is InChI=1S/C28H32N2O5/c1-27(24(31)30(2)28(15-16-28)25(32)33)14-8-7-13-23(27)29-26(34)35-17-22-20-11-5-3-9-18(20)19-10-4-6-12-21(19)22/h3-6,9-12,22-23H,7-8,13-17H2,1-2H3,(H,29,34)(H,32,33). The molecule has 0 aromatic heterocycles. The van der Waals surface area contributed by atoms with E-state index < -0.39 is 29.1 Å². The number of carboxylic acids is 1. The molecule has 0 saturated heterocycles. The van der Waals surface area contributed by atoms with E-state index in [1.165, 1.54) is 4.90 Å². The first-order chi connectivity index (χ1) is 16.8. The van der Waals surface area contributed by atoms with E-state index in [2.05, 4.69) is 29.6 Å². The van der Waals surface area contributed by atoms with E-state index in [9.17, 15) is 19.5 Å². The fourth-order valence-electron chi connectivity index (χ4n) is 5.99. The number of benzene rings is 2. The molecular formula is C28H32N2O5. The van der Waals surface area contributed by atoms with Gasteiger partial charge in [-0.1, -0.05) is 61.4 Å². The third-order valence-corrected chi connectivity index (χ3v) is 8.40. The van der Waals surface area contributed by atoms with E-state index in [1.807, 2.05) is 31.2 Å². The summed E-state index contributed by atoms with van der Waals surface area (Å²) in [6.45, 7) is 2.05. The van der Waals surface area contributed by atoms with Gasteiger partial charge in [0.1, 0.15) is 12.1 Å². The summed E-state index contributed by atoms with van der Waals surface area (Å²) >= 11 is 0. The minimum Gasteiger partial charge on any atom is -0.479 e. The zero-order valence-corrected chi connectivity index (χ0v) is 20.3. The Morgan fingerprint density at radius 3 is 2.17 bits per heavy atom. The van der Waals surface area contributed by atoms with Crippen molar-refractivity contribution in [3.05, 3.63) is 59.7 Å². The Hall–Kier alpha value is -3.35. The average Bonchev–Trinajstić information content (AvgIpc) is 3.62. The van der Waals surface area contributed by atoms with E-state index >= 15 is 0 Å². The zero-order chi connectivity index (χ0) is 24.8. The van der Waals surface area contributed by atoms with Crippen LogP contribution < -0.4 is 5.32 Å². The third-order valence-electron chi connectivity index (χ3n) is 8.40. The smallest absolute Gasteiger partial charge is 0.407 e. The molecule has 0 aliphatic heterocycles. The van der Waals surface area contributed by atoms with Crippen LogP contribution in [0.3, 0.4) is 0 Å². The minimum atomic E-state index is -1.11. The van der Waals surface area contributed by atoms with Gasteiger partial charge in [0.15, 0.2) is 0 Å². The molecule has 2 saturated carbocycles. The summed E-state index contributed by atoms with van der Waals surface area (Å²) < 4.78 is 5.72. The van der Waals surface area contributed by atoms with E-state index in [1.54, 1.807) is 7.05 Å². The van der Waals surface area contributed by atoms with Crippen LogP contribution in [0.15, 0.2) is 48.5 Å². The lowest BCUT2D eigenvalue weighted by atomic mass is 9.70. The fraction of sp³-hybridized carbons (Fsp3) is 0.464. The van der Waals surface area contributed by atoms with Gasteiger partial charge in [0.25, 0.3) is 0 Å². The molecule has 184 valence electrons. The van der Waals surface area contributed by atoms with Gasteiger partial charge in [-0.25, -0.2) is 9.59 Å². The van der Waals surface area contributed by atoms with Gasteiger partial charge in [0.2, 0.25) is 5.91 Å². The van der Waals surface area contributed by atoms with Gasteiger partial charge >= 0.3 is 12.1 Å². The maximum absolute atomic E-state index is 13.5. The topological polar surface area (TPSA) is 95.9 Å². The normalized spacial score (nSPS) is 24.1. The number of nitrogens with zero attached hydrogens (tertiary/aromatic N) is 1. The number of carboxylic acid groups (broad SMARTS) is 1. The molecule has 35 heavy (non-hydrogen) atoms. The van der Waals surface area contributed by atoms with Crippen molar-refractivity contribution in [2.75, 3.05) is 13.7 Å². The molecule has 2 atom stereocenters. The van der Waals surface area contributed by atoms with E-state index in [0.717, 1.165) is 35.1 Å². The van der Waals surface area contributed by atoms with Crippen LogP contribution in [0.5, 0.6) is 0 Å². The van der Waals surface area contributed by atoms with Crippen molar-refractivity contribution in [3.8, 4) is 11.1 Å². The van der Waals surface area contributed by atoms with Gasteiger partial charge in [-0.2, -0.15) is 0 Å². The Kier molecular flexibility index (Phi) is 5.82. The minimum absolute atomic E-state index is 0.0380. The number of ether oxygens (including phenoxy) is 1. The SMILES string of the molecule is CN(C(=O)C1(C)CCCCC1NC(=O)OCC1c2ccccc2-c2ccccc21)C1(C(=O)O)CC1. The van der Waals surface area contributed by atoms with Crippen LogP contribution in [0.4, 0.5) is 4.79 Å². The second-order valence-corrected chi connectivity index (χ2v) is 10.4. The molecule has 2 amide bonds. The first-order valence-corrected chi connectivity index (χ1v) is 12.4. The van der Waals surface area contributed by atoms with Crippen molar-refractivity contribution >= 4 is 18.0 Å². The first-order valence-electron chi connectivity index (χ1n) is 12.4. The first kappa shape index (κ1) is 23.4. The van der Waals surface area contributed by atoms with Crippen molar-refractivity contribution in [1.82, 2.24) is 10.2 Å². The Balaban J connectivity index is 1.28. The van der Waals surface area contributed by atoms with Gasteiger partial charge in [-0.3, -0.25) is 4.79 Å². The molecule has 7 nitrogen and oxygen atoms in total. The van der Waals surface area contributed by atoms with E-state index in [0.29, 0.717) is 25.7 Å². The monoisotopic (exact) mass is 476 g/mol. The molecule has 0 spiro atoms. The van der Waals surface area contributed by atoms with Crippen LogP contribution in [-0.4, -0.2) is 53.2 Å². The lowest BCUT2D eigenvalue weighted by Gasteiger charge is -2.43. The number of carbonyl (C=O) groups excluding carboxylic acids is 2.